The van der Waals surface area contributed by atoms with Gasteiger partial charge >= 0.3 is 0 Å². The zero-order valence-electron chi connectivity index (χ0n) is 4.83. The molecule has 0 unspecified atom stereocenters. The SMILES string of the molecule is NC(=O)/C=C\C(N)=O.[Ca]. The van der Waals surface area contributed by atoms with Gasteiger partial charge in [0, 0.05) is 49.9 Å². The molecule has 0 rings (SSSR count). The van der Waals surface area contributed by atoms with E-state index in [2.05, 4.69) is 11.5 Å². The van der Waals surface area contributed by atoms with Crippen molar-refractivity contribution in [2.45, 2.75) is 0 Å². The van der Waals surface area contributed by atoms with Gasteiger partial charge in [-0.25, -0.2) is 0 Å². The maximum absolute atomic E-state index is 9.83. The minimum atomic E-state index is -0.677. The van der Waals surface area contributed by atoms with Crippen LogP contribution in [-0.4, -0.2) is 49.6 Å². The molecule has 4 N–H and O–H groups in total. The van der Waals surface area contributed by atoms with Crippen molar-refractivity contribution in [3.05, 3.63) is 12.2 Å². The standard InChI is InChI=1S/C4H6N2O2.Ca/c5-3(7)1-2-4(6)8;/h1-2H,(H2,5,7)(H2,6,8);/b2-1-;. The van der Waals surface area contributed by atoms with Crippen LogP contribution in [0.2, 0.25) is 0 Å². The summed E-state index contributed by atoms with van der Waals surface area (Å²) in [4.78, 5) is 19.7. The normalized spacial score (nSPS) is 8.44. The summed E-state index contributed by atoms with van der Waals surface area (Å²) in [7, 11) is 0. The first-order valence-electron chi connectivity index (χ1n) is 1.90. The molecule has 0 aliphatic carbocycles. The zero-order chi connectivity index (χ0) is 6.57. The van der Waals surface area contributed by atoms with Gasteiger partial charge in [-0.1, -0.05) is 0 Å². The van der Waals surface area contributed by atoms with Crippen LogP contribution in [0.1, 0.15) is 0 Å². The molecule has 0 heterocycles. The van der Waals surface area contributed by atoms with Crippen molar-refractivity contribution in [2.24, 2.45) is 11.5 Å². The number of primary amides is 2. The van der Waals surface area contributed by atoms with E-state index in [9.17, 15) is 9.59 Å². The monoisotopic (exact) mass is 154 g/mol. The predicted octanol–water partition coefficient (Wildman–Crippen LogP) is -1.87. The number of amides is 2. The molecule has 0 aromatic rings. The molecule has 5 heteroatoms. The fraction of sp³-hybridized carbons (Fsp3) is 0. The summed E-state index contributed by atoms with van der Waals surface area (Å²) in [6.45, 7) is 0. The Bertz CT molecular complexity index is 128. The first-order chi connectivity index (χ1) is 3.63. The third kappa shape index (κ3) is 11.5. The first-order valence-corrected chi connectivity index (χ1v) is 1.90. The molecule has 0 bridgehead atoms. The van der Waals surface area contributed by atoms with Gasteiger partial charge < -0.3 is 11.5 Å². The summed E-state index contributed by atoms with van der Waals surface area (Å²) in [6, 6.07) is 0. The average Bonchev–Trinajstić information content (AvgIpc) is 1.61. The third-order valence-corrected chi connectivity index (χ3v) is 0.412. The summed E-state index contributed by atoms with van der Waals surface area (Å²) >= 11 is 0. The smallest absolute Gasteiger partial charge is 0.241 e. The largest absolute Gasteiger partial charge is 0.366 e. The van der Waals surface area contributed by atoms with Crippen molar-refractivity contribution in [1.82, 2.24) is 0 Å². The molecule has 0 spiro atoms. The maximum atomic E-state index is 9.83. The Morgan fingerprint density at radius 3 is 1.33 bits per heavy atom. The summed E-state index contributed by atoms with van der Waals surface area (Å²) in [5, 5.41) is 0. The number of carbonyl (C=O) groups is 2. The van der Waals surface area contributed by atoms with Gasteiger partial charge in [0.2, 0.25) is 11.8 Å². The van der Waals surface area contributed by atoms with Gasteiger partial charge in [0.15, 0.2) is 0 Å². The molecule has 0 aromatic heterocycles. The molecule has 0 fully saturated rings. The van der Waals surface area contributed by atoms with Crippen molar-refractivity contribution >= 4 is 49.6 Å². The molecule has 46 valence electrons. The maximum Gasteiger partial charge on any atom is 0.241 e. The van der Waals surface area contributed by atoms with Crippen LogP contribution in [0.25, 0.3) is 0 Å². The average molecular weight is 154 g/mol. The van der Waals surface area contributed by atoms with Crippen LogP contribution in [0.4, 0.5) is 0 Å². The minimum Gasteiger partial charge on any atom is -0.366 e. The van der Waals surface area contributed by atoms with Crippen LogP contribution in [0.15, 0.2) is 12.2 Å². The van der Waals surface area contributed by atoms with E-state index in [1.54, 1.807) is 0 Å². The van der Waals surface area contributed by atoms with E-state index in [1.165, 1.54) is 0 Å². The Morgan fingerprint density at radius 2 is 1.22 bits per heavy atom. The van der Waals surface area contributed by atoms with Crippen molar-refractivity contribution in [1.29, 1.82) is 0 Å². The molecular formula is C4H6CaN2O2. The summed E-state index contributed by atoms with van der Waals surface area (Å²) in [5.41, 5.74) is 9.21. The van der Waals surface area contributed by atoms with Gasteiger partial charge in [0.25, 0.3) is 0 Å². The van der Waals surface area contributed by atoms with Crippen molar-refractivity contribution in [3.63, 3.8) is 0 Å². The second kappa shape index (κ2) is 6.07. The topological polar surface area (TPSA) is 86.2 Å². The summed E-state index contributed by atoms with van der Waals surface area (Å²) in [6.07, 6.45) is 1.81. The molecule has 0 aliphatic rings. The molecule has 0 aliphatic heterocycles. The first kappa shape index (κ1) is 11.7. The summed E-state index contributed by atoms with van der Waals surface area (Å²) < 4.78 is 0. The third-order valence-electron chi connectivity index (χ3n) is 0.412. The fourth-order valence-electron chi connectivity index (χ4n) is 0.164. The van der Waals surface area contributed by atoms with Gasteiger partial charge in [0.05, 0.1) is 0 Å². The molecular weight excluding hydrogens is 148 g/mol. The van der Waals surface area contributed by atoms with E-state index in [1.807, 2.05) is 0 Å². The van der Waals surface area contributed by atoms with Gasteiger partial charge in [-0.15, -0.1) is 0 Å². The second-order valence-electron chi connectivity index (χ2n) is 1.14. The van der Waals surface area contributed by atoms with Crippen LogP contribution in [0.3, 0.4) is 0 Å². The molecule has 0 atom stereocenters. The Labute approximate surface area is 82.3 Å². The van der Waals surface area contributed by atoms with E-state index < -0.39 is 11.8 Å². The van der Waals surface area contributed by atoms with Crippen LogP contribution < -0.4 is 11.5 Å². The van der Waals surface area contributed by atoms with Crippen LogP contribution in [0, 0.1) is 0 Å². The van der Waals surface area contributed by atoms with Crippen molar-refractivity contribution in [2.75, 3.05) is 0 Å². The molecule has 9 heavy (non-hydrogen) atoms. The predicted molar refractivity (Wildman–Crippen MR) is 33.3 cm³/mol. The van der Waals surface area contributed by atoms with Crippen LogP contribution in [-0.2, 0) is 9.59 Å². The molecule has 4 nitrogen and oxygen atoms in total. The molecule has 2 radical (unpaired) electrons. The molecule has 0 aromatic carbocycles. The number of hydrogen-bond acceptors (Lipinski definition) is 2. The minimum absolute atomic E-state index is 0. The fourth-order valence-corrected chi connectivity index (χ4v) is 0.164. The van der Waals surface area contributed by atoms with E-state index >= 15 is 0 Å². The van der Waals surface area contributed by atoms with Gasteiger partial charge in [-0.2, -0.15) is 0 Å². The molecule has 0 saturated heterocycles. The number of rotatable bonds is 2. The number of carbonyl (C=O) groups excluding carboxylic acids is 2. The van der Waals surface area contributed by atoms with Crippen molar-refractivity contribution in [3.8, 4) is 0 Å². The number of nitrogens with two attached hydrogens (primary N) is 2. The Hall–Kier alpha value is -0.0603. The summed E-state index contributed by atoms with van der Waals surface area (Å²) in [5.74, 6) is -1.35. The van der Waals surface area contributed by atoms with Crippen LogP contribution >= 0.6 is 0 Å². The number of hydrogen-bond donors (Lipinski definition) is 2. The van der Waals surface area contributed by atoms with E-state index in [4.69, 9.17) is 0 Å². The second-order valence-corrected chi connectivity index (χ2v) is 1.14. The Morgan fingerprint density at radius 1 is 1.00 bits per heavy atom. The Kier molecular flexibility index (Phi) is 7.89. The van der Waals surface area contributed by atoms with Crippen molar-refractivity contribution < 1.29 is 9.59 Å². The van der Waals surface area contributed by atoms with Crippen LogP contribution in [0.5, 0.6) is 0 Å². The molecule has 2 amide bonds. The zero-order valence-corrected chi connectivity index (χ0v) is 7.04. The van der Waals surface area contributed by atoms with E-state index in [0.29, 0.717) is 0 Å². The van der Waals surface area contributed by atoms with E-state index in [0.717, 1.165) is 12.2 Å². The van der Waals surface area contributed by atoms with Gasteiger partial charge in [-0.05, 0) is 0 Å². The molecule has 0 saturated carbocycles. The quantitative estimate of drug-likeness (QED) is 0.360. The van der Waals surface area contributed by atoms with E-state index in [-0.39, 0.29) is 37.7 Å². The Balaban J connectivity index is 0. The van der Waals surface area contributed by atoms with Gasteiger partial charge in [0.1, 0.15) is 0 Å². The van der Waals surface area contributed by atoms with Gasteiger partial charge in [-0.3, -0.25) is 9.59 Å².